The molecular weight excluding hydrogens is 421 g/mol. The number of ether oxygens (including phenoxy) is 1. The number of halogens is 1. The van der Waals surface area contributed by atoms with Gasteiger partial charge in [0.1, 0.15) is 24.2 Å². The third-order valence-electron chi connectivity index (χ3n) is 5.64. The number of nitrogens with zero attached hydrogens (tertiary/aromatic N) is 1. The summed E-state index contributed by atoms with van der Waals surface area (Å²) in [6.07, 6.45) is 10.2. The van der Waals surface area contributed by atoms with Crippen LogP contribution in [0.2, 0.25) is 0 Å². The molecule has 0 amide bonds. The minimum Gasteiger partial charge on any atom is -0.491 e. The van der Waals surface area contributed by atoms with Gasteiger partial charge >= 0.3 is 0 Å². The standard InChI is InChI=1S/C27H36FNO2S/c1-3-5-7-8-9-10-11-22(28)20-30-23-15-13-21(14-16-23)26-19-25(29-31-26)27-18-17-24(32-27)12-6-4-2/h13-19,22H,3-12,20H2,1-2H3. The number of hydrogen-bond acceptors (Lipinski definition) is 4. The smallest absolute Gasteiger partial charge is 0.167 e. The Hall–Kier alpha value is -2.14. The third kappa shape index (κ3) is 7.77. The third-order valence-corrected chi connectivity index (χ3v) is 6.81. The largest absolute Gasteiger partial charge is 0.491 e. The second-order valence-corrected chi connectivity index (χ2v) is 9.60. The van der Waals surface area contributed by atoms with Gasteiger partial charge in [0.15, 0.2) is 5.76 Å². The molecule has 1 atom stereocenters. The van der Waals surface area contributed by atoms with Gasteiger partial charge in [0.25, 0.3) is 0 Å². The van der Waals surface area contributed by atoms with E-state index in [2.05, 4.69) is 31.1 Å². The maximum absolute atomic E-state index is 14.1. The van der Waals surface area contributed by atoms with Crippen molar-refractivity contribution in [3.8, 4) is 27.6 Å². The second-order valence-electron chi connectivity index (χ2n) is 8.44. The van der Waals surface area contributed by atoms with Crippen LogP contribution in [0, 0.1) is 0 Å². The molecular formula is C27H36FNO2S. The van der Waals surface area contributed by atoms with E-state index in [1.54, 1.807) is 11.3 Å². The van der Waals surface area contributed by atoms with Gasteiger partial charge in [-0.2, -0.15) is 0 Å². The Morgan fingerprint density at radius 1 is 0.938 bits per heavy atom. The summed E-state index contributed by atoms with van der Waals surface area (Å²) in [5, 5.41) is 4.24. The van der Waals surface area contributed by atoms with Crippen LogP contribution in [-0.4, -0.2) is 17.9 Å². The molecule has 3 aromatic rings. The van der Waals surface area contributed by atoms with Gasteiger partial charge in [-0.05, 0) is 55.7 Å². The van der Waals surface area contributed by atoms with Crippen LogP contribution in [0.15, 0.2) is 47.0 Å². The molecule has 3 nitrogen and oxygen atoms in total. The molecule has 0 aliphatic rings. The lowest BCUT2D eigenvalue weighted by Gasteiger charge is -2.10. The summed E-state index contributed by atoms with van der Waals surface area (Å²) in [5.74, 6) is 1.40. The van der Waals surface area contributed by atoms with Gasteiger partial charge in [-0.25, -0.2) is 4.39 Å². The summed E-state index contributed by atoms with van der Waals surface area (Å²) >= 11 is 1.78. The molecule has 0 spiro atoms. The second kappa shape index (κ2) is 13.4. The molecule has 0 aliphatic heterocycles. The number of unbranched alkanes of at least 4 members (excludes halogenated alkanes) is 6. The summed E-state index contributed by atoms with van der Waals surface area (Å²) in [6, 6.07) is 13.9. The zero-order valence-corrected chi connectivity index (χ0v) is 20.3. The van der Waals surface area contributed by atoms with E-state index in [-0.39, 0.29) is 6.61 Å². The molecule has 0 saturated carbocycles. The van der Waals surface area contributed by atoms with Gasteiger partial charge in [0.05, 0.1) is 4.88 Å². The number of hydrogen-bond donors (Lipinski definition) is 0. The van der Waals surface area contributed by atoms with Crippen molar-refractivity contribution in [1.29, 1.82) is 0 Å². The van der Waals surface area contributed by atoms with Crippen molar-refractivity contribution >= 4 is 11.3 Å². The average Bonchev–Trinajstić information content (AvgIpc) is 3.49. The van der Waals surface area contributed by atoms with Gasteiger partial charge in [0.2, 0.25) is 0 Å². The number of rotatable bonds is 15. The van der Waals surface area contributed by atoms with Gasteiger partial charge in [-0.15, -0.1) is 11.3 Å². The van der Waals surface area contributed by atoms with E-state index in [0.29, 0.717) is 12.2 Å². The predicted molar refractivity (Wildman–Crippen MR) is 132 cm³/mol. The molecule has 0 saturated heterocycles. The number of alkyl halides is 1. The SMILES string of the molecule is CCCCCCCCC(F)COc1ccc(-c2cc(-c3ccc(CCCC)s3)no2)cc1. The minimum atomic E-state index is -0.911. The van der Waals surface area contributed by atoms with E-state index in [9.17, 15) is 4.39 Å². The van der Waals surface area contributed by atoms with E-state index in [0.717, 1.165) is 41.2 Å². The van der Waals surface area contributed by atoms with E-state index in [1.165, 1.54) is 43.4 Å². The van der Waals surface area contributed by atoms with E-state index >= 15 is 0 Å². The molecule has 0 fully saturated rings. The molecule has 0 bridgehead atoms. The summed E-state index contributed by atoms with van der Waals surface area (Å²) in [4.78, 5) is 2.51. The van der Waals surface area contributed by atoms with Crippen molar-refractivity contribution in [3.63, 3.8) is 0 Å². The van der Waals surface area contributed by atoms with Crippen LogP contribution in [-0.2, 0) is 6.42 Å². The number of thiophene rings is 1. The Morgan fingerprint density at radius 3 is 2.47 bits per heavy atom. The number of aryl methyl sites for hydroxylation is 1. The van der Waals surface area contributed by atoms with Gasteiger partial charge < -0.3 is 9.26 Å². The highest BCUT2D eigenvalue weighted by molar-refractivity contribution is 7.15. The highest BCUT2D eigenvalue weighted by Crippen LogP contribution is 2.32. The molecule has 1 unspecified atom stereocenters. The highest BCUT2D eigenvalue weighted by Gasteiger charge is 2.12. The quantitative estimate of drug-likeness (QED) is 0.214. The van der Waals surface area contributed by atoms with Crippen molar-refractivity contribution in [3.05, 3.63) is 47.3 Å². The predicted octanol–water partition coefficient (Wildman–Crippen LogP) is 8.88. The van der Waals surface area contributed by atoms with Crippen molar-refractivity contribution in [2.75, 3.05) is 6.61 Å². The number of benzene rings is 1. The Morgan fingerprint density at radius 2 is 1.69 bits per heavy atom. The maximum atomic E-state index is 14.1. The molecule has 174 valence electrons. The summed E-state index contributed by atoms with van der Waals surface area (Å²) in [5.41, 5.74) is 1.80. The number of aromatic nitrogens is 1. The first-order valence-electron chi connectivity index (χ1n) is 12.1. The fourth-order valence-corrected chi connectivity index (χ4v) is 4.66. The maximum Gasteiger partial charge on any atom is 0.167 e. The van der Waals surface area contributed by atoms with Crippen LogP contribution in [0.1, 0.15) is 76.5 Å². The topological polar surface area (TPSA) is 35.3 Å². The van der Waals surface area contributed by atoms with Crippen LogP contribution < -0.4 is 4.74 Å². The van der Waals surface area contributed by atoms with E-state index in [1.807, 2.05) is 30.3 Å². The molecule has 32 heavy (non-hydrogen) atoms. The van der Waals surface area contributed by atoms with Crippen molar-refractivity contribution in [1.82, 2.24) is 5.16 Å². The van der Waals surface area contributed by atoms with E-state index in [4.69, 9.17) is 9.26 Å². The lowest BCUT2D eigenvalue weighted by molar-refractivity contribution is 0.184. The summed E-state index contributed by atoms with van der Waals surface area (Å²) in [7, 11) is 0. The summed E-state index contributed by atoms with van der Waals surface area (Å²) < 4.78 is 25.3. The average molecular weight is 458 g/mol. The van der Waals surface area contributed by atoms with Gasteiger partial charge in [-0.3, -0.25) is 0 Å². The van der Waals surface area contributed by atoms with Gasteiger partial charge in [-0.1, -0.05) is 63.9 Å². The molecule has 3 rings (SSSR count). The summed E-state index contributed by atoms with van der Waals surface area (Å²) in [6.45, 7) is 4.53. The first kappa shape index (κ1) is 24.5. The van der Waals surface area contributed by atoms with Crippen LogP contribution >= 0.6 is 11.3 Å². The van der Waals surface area contributed by atoms with Crippen molar-refractivity contribution in [2.45, 2.75) is 84.2 Å². The molecule has 0 aliphatic carbocycles. The highest BCUT2D eigenvalue weighted by atomic mass is 32.1. The first-order chi connectivity index (χ1) is 15.7. The van der Waals surface area contributed by atoms with Crippen molar-refractivity contribution < 1.29 is 13.7 Å². The van der Waals surface area contributed by atoms with Gasteiger partial charge in [0, 0.05) is 16.5 Å². The minimum absolute atomic E-state index is 0.111. The Bertz CT molecular complexity index is 903. The van der Waals surface area contributed by atoms with E-state index < -0.39 is 6.17 Å². The molecule has 5 heteroatoms. The van der Waals surface area contributed by atoms with Crippen LogP contribution in [0.5, 0.6) is 5.75 Å². The zero-order valence-electron chi connectivity index (χ0n) is 19.4. The Kier molecular flexibility index (Phi) is 10.3. The van der Waals surface area contributed by atoms with Crippen molar-refractivity contribution in [2.24, 2.45) is 0 Å². The van der Waals surface area contributed by atoms with Crippen LogP contribution in [0.25, 0.3) is 21.9 Å². The molecule has 1 aromatic carbocycles. The zero-order chi connectivity index (χ0) is 22.6. The lowest BCUT2D eigenvalue weighted by Crippen LogP contribution is -2.12. The fourth-order valence-electron chi connectivity index (χ4n) is 3.66. The molecule has 0 radical (unpaired) electrons. The fraction of sp³-hybridized carbons (Fsp3) is 0.519. The molecule has 2 aromatic heterocycles. The van der Waals surface area contributed by atoms with Crippen LogP contribution in [0.4, 0.5) is 4.39 Å². The lowest BCUT2D eigenvalue weighted by atomic mass is 10.1. The molecule has 2 heterocycles. The molecule has 0 N–H and O–H groups in total. The van der Waals surface area contributed by atoms with Crippen LogP contribution in [0.3, 0.4) is 0 Å². The Labute approximate surface area is 196 Å². The normalized spacial score (nSPS) is 12.2. The Balaban J connectivity index is 1.45. The first-order valence-corrected chi connectivity index (χ1v) is 12.9. The monoisotopic (exact) mass is 457 g/mol.